The molecule has 12 rings (SSSR count). The molecule has 11 aromatic rings. The van der Waals surface area contributed by atoms with E-state index < -0.39 is 5.41 Å². The predicted molar refractivity (Wildman–Crippen MR) is 251 cm³/mol. The van der Waals surface area contributed by atoms with E-state index in [1.807, 2.05) is 48.5 Å². The van der Waals surface area contributed by atoms with Gasteiger partial charge in [-0.25, -0.2) is 9.97 Å². The Kier molecular flexibility index (Phi) is 7.67. The molecule has 1 N–H and O–H groups in total. The van der Waals surface area contributed by atoms with Crippen molar-refractivity contribution in [1.82, 2.24) is 14.5 Å². The molecule has 0 amide bonds. The van der Waals surface area contributed by atoms with Gasteiger partial charge in [-0.2, -0.15) is 0 Å². The van der Waals surface area contributed by atoms with Gasteiger partial charge in [0.1, 0.15) is 39.6 Å². The van der Waals surface area contributed by atoms with E-state index in [2.05, 4.69) is 148 Å². The second-order valence-electron chi connectivity index (χ2n) is 17.6. The number of rotatable bonds is 5. The Morgan fingerprint density at radius 2 is 1.08 bits per heavy atom. The van der Waals surface area contributed by atoms with E-state index >= 15 is 0 Å². The van der Waals surface area contributed by atoms with Gasteiger partial charge in [-0.15, -0.1) is 0 Å². The molecule has 0 saturated heterocycles. The highest BCUT2D eigenvalue weighted by Gasteiger charge is 2.49. The smallest absolute Gasteiger partial charge is 0.145 e. The molecule has 0 fully saturated rings. The number of imidazole rings is 1. The van der Waals surface area contributed by atoms with Gasteiger partial charge in [-0.05, 0) is 112 Å². The Labute approximate surface area is 358 Å². The summed E-state index contributed by atoms with van der Waals surface area (Å²) in [7, 11) is 0. The van der Waals surface area contributed by atoms with Crippen LogP contribution < -0.4 is 0 Å². The van der Waals surface area contributed by atoms with Gasteiger partial charge in [0.15, 0.2) is 0 Å². The number of benzene rings is 7. The number of phenolic OH excluding ortho intramolecular Hbond substituents is 1. The minimum atomic E-state index is -0.394. The average Bonchev–Trinajstić information content (AvgIpc) is 4.02. The SMILES string of the molecule is CC1(C)c2cccc(O)c2-c2nc(-c3cn(-c4ccccc4)c(-c4ccc5oc6ccc(-c7ccccc7)cc6c5c4)n3)cc(-c3ccc4oc5ccccc5c4c3)c2C1(C)C. The molecule has 6 nitrogen and oxygen atoms in total. The molecule has 0 spiro atoms. The van der Waals surface area contributed by atoms with E-state index in [4.69, 9.17) is 18.8 Å². The van der Waals surface area contributed by atoms with Crippen molar-refractivity contribution in [2.24, 2.45) is 0 Å². The van der Waals surface area contributed by atoms with Gasteiger partial charge in [0.25, 0.3) is 0 Å². The fraction of sp³-hybridized carbons (Fsp3) is 0.107. The third-order valence-corrected chi connectivity index (χ3v) is 13.7. The molecule has 0 bridgehead atoms. The molecular formula is C56H41N3O3. The lowest BCUT2D eigenvalue weighted by molar-refractivity contribution is 0.297. The van der Waals surface area contributed by atoms with Crippen LogP contribution in [0.1, 0.15) is 38.8 Å². The zero-order valence-electron chi connectivity index (χ0n) is 34.8. The number of furan rings is 2. The first-order chi connectivity index (χ1) is 30.1. The largest absolute Gasteiger partial charge is 0.507 e. The Hall–Kier alpha value is -7.70. The summed E-state index contributed by atoms with van der Waals surface area (Å²) in [5.74, 6) is 0.990. The number of hydrogen-bond acceptors (Lipinski definition) is 5. The quantitative estimate of drug-likeness (QED) is 0.187. The number of aromatic hydroxyl groups is 1. The average molecular weight is 804 g/mol. The Morgan fingerprint density at radius 3 is 1.82 bits per heavy atom. The molecule has 0 atom stereocenters. The third-order valence-electron chi connectivity index (χ3n) is 13.7. The predicted octanol–water partition coefficient (Wildman–Crippen LogP) is 14.7. The molecule has 0 unspecified atom stereocenters. The zero-order valence-corrected chi connectivity index (χ0v) is 34.8. The maximum Gasteiger partial charge on any atom is 0.145 e. The summed E-state index contributed by atoms with van der Waals surface area (Å²) in [5.41, 5.74) is 14.0. The summed E-state index contributed by atoms with van der Waals surface area (Å²) in [6.07, 6.45) is 2.09. The van der Waals surface area contributed by atoms with Crippen molar-refractivity contribution in [2.75, 3.05) is 0 Å². The molecule has 62 heavy (non-hydrogen) atoms. The first-order valence-corrected chi connectivity index (χ1v) is 21.1. The Bertz CT molecular complexity index is 3590. The van der Waals surface area contributed by atoms with E-state index in [9.17, 15) is 5.11 Å². The fourth-order valence-corrected chi connectivity index (χ4v) is 9.79. The summed E-state index contributed by atoms with van der Waals surface area (Å²) in [6.45, 7) is 9.15. The van der Waals surface area contributed by atoms with Crippen molar-refractivity contribution in [1.29, 1.82) is 0 Å². The normalized spacial score (nSPS) is 14.1. The summed E-state index contributed by atoms with van der Waals surface area (Å²) < 4.78 is 14.8. The monoisotopic (exact) mass is 803 g/mol. The highest BCUT2D eigenvalue weighted by Crippen LogP contribution is 2.58. The van der Waals surface area contributed by atoms with E-state index in [1.54, 1.807) is 6.07 Å². The highest BCUT2D eigenvalue weighted by atomic mass is 16.3. The van der Waals surface area contributed by atoms with Crippen LogP contribution in [0.4, 0.5) is 0 Å². The first kappa shape index (κ1) is 36.2. The van der Waals surface area contributed by atoms with Crippen molar-refractivity contribution in [3.63, 3.8) is 0 Å². The van der Waals surface area contributed by atoms with Crippen molar-refractivity contribution < 1.29 is 13.9 Å². The number of aromatic nitrogens is 3. The molecule has 0 saturated carbocycles. The number of nitrogens with zero attached hydrogens (tertiary/aromatic N) is 3. The van der Waals surface area contributed by atoms with Gasteiger partial charge in [0.2, 0.25) is 0 Å². The number of hydrogen-bond donors (Lipinski definition) is 1. The maximum atomic E-state index is 11.8. The van der Waals surface area contributed by atoms with Gasteiger partial charge in [-0.1, -0.05) is 119 Å². The molecule has 1 aliphatic carbocycles. The summed E-state index contributed by atoms with van der Waals surface area (Å²) >= 11 is 0. The first-order valence-electron chi connectivity index (χ1n) is 21.1. The van der Waals surface area contributed by atoms with E-state index in [-0.39, 0.29) is 11.2 Å². The zero-order chi connectivity index (χ0) is 41.9. The van der Waals surface area contributed by atoms with Crippen LogP contribution in [-0.2, 0) is 10.8 Å². The standard InChI is InChI=1S/C56H41N3O3/c1-55(2)43-19-13-20-46(60)51(43)53-52(56(55,3)4)39(35-23-26-48-40(29-35)38-18-11-12-21-47(38)61-48)31-44(57-53)45-32-59(37-16-9-6-10-17-37)54(58-45)36-24-27-50-42(30-36)41-28-34(22-25-49(41)62-50)33-14-7-5-8-15-33/h5-32,60H,1-4H3. The van der Waals surface area contributed by atoms with Crippen molar-refractivity contribution in [3.05, 3.63) is 181 Å². The minimum Gasteiger partial charge on any atom is -0.507 e. The number of phenols is 1. The van der Waals surface area contributed by atoms with Crippen LogP contribution in [0.2, 0.25) is 0 Å². The van der Waals surface area contributed by atoms with Crippen LogP contribution in [0.3, 0.4) is 0 Å². The van der Waals surface area contributed by atoms with Crippen LogP contribution in [0.25, 0.3) is 106 Å². The van der Waals surface area contributed by atoms with Gasteiger partial charge >= 0.3 is 0 Å². The second-order valence-corrected chi connectivity index (χ2v) is 17.6. The van der Waals surface area contributed by atoms with E-state index in [1.165, 1.54) is 0 Å². The van der Waals surface area contributed by atoms with Crippen molar-refractivity contribution in [3.8, 4) is 67.7 Å². The number of fused-ring (bicyclic) bond motifs is 9. The van der Waals surface area contributed by atoms with Crippen molar-refractivity contribution in [2.45, 2.75) is 38.5 Å². The third kappa shape index (κ3) is 5.29. The van der Waals surface area contributed by atoms with Gasteiger partial charge in [0, 0.05) is 50.0 Å². The molecule has 4 aromatic heterocycles. The molecule has 0 radical (unpaired) electrons. The lowest BCUT2D eigenvalue weighted by Gasteiger charge is -2.48. The van der Waals surface area contributed by atoms with E-state index in [0.29, 0.717) is 11.4 Å². The maximum absolute atomic E-state index is 11.8. The summed E-state index contributed by atoms with van der Waals surface area (Å²) in [5, 5.41) is 15.9. The van der Waals surface area contributed by atoms with Gasteiger partial charge in [0.05, 0.1) is 11.4 Å². The van der Waals surface area contributed by atoms with Crippen LogP contribution in [0.15, 0.2) is 179 Å². The molecule has 4 heterocycles. The number of para-hydroxylation sites is 2. The van der Waals surface area contributed by atoms with Gasteiger partial charge in [-0.3, -0.25) is 4.57 Å². The van der Waals surface area contributed by atoms with Crippen molar-refractivity contribution >= 4 is 43.9 Å². The molecule has 7 aromatic carbocycles. The molecule has 298 valence electrons. The topological polar surface area (TPSA) is 77.2 Å². The van der Waals surface area contributed by atoms with Crippen LogP contribution in [0, 0.1) is 0 Å². The van der Waals surface area contributed by atoms with Gasteiger partial charge < -0.3 is 13.9 Å². The van der Waals surface area contributed by atoms with Crippen LogP contribution in [0.5, 0.6) is 5.75 Å². The Balaban J connectivity index is 1.11. The Morgan fingerprint density at radius 1 is 0.484 bits per heavy atom. The molecule has 1 aliphatic rings. The summed E-state index contributed by atoms with van der Waals surface area (Å²) in [4.78, 5) is 11.0. The van der Waals surface area contributed by atoms with E-state index in [0.717, 1.165) is 106 Å². The lowest BCUT2D eigenvalue weighted by atomic mass is 9.55. The minimum absolute atomic E-state index is 0.214. The fourth-order valence-electron chi connectivity index (χ4n) is 9.79. The molecule has 0 aliphatic heterocycles. The summed E-state index contributed by atoms with van der Waals surface area (Å²) in [6, 6.07) is 56.2. The second kappa shape index (κ2) is 13.1. The molecular weight excluding hydrogens is 763 g/mol. The van der Waals surface area contributed by atoms with Crippen LogP contribution in [-0.4, -0.2) is 19.6 Å². The van der Waals surface area contributed by atoms with Crippen LogP contribution >= 0.6 is 0 Å². The lowest BCUT2D eigenvalue weighted by Crippen LogP contribution is -2.44. The highest BCUT2D eigenvalue weighted by molar-refractivity contribution is 6.08. The number of pyridine rings is 1. The molecule has 6 heteroatoms.